The van der Waals surface area contributed by atoms with Crippen LogP contribution in [0.4, 0.5) is 4.79 Å². The monoisotopic (exact) mass is 146 g/mol. The number of amides is 2. The lowest BCUT2D eigenvalue weighted by Gasteiger charge is -2.09. The summed E-state index contributed by atoms with van der Waals surface area (Å²) in [6.07, 6.45) is 0.0669. The summed E-state index contributed by atoms with van der Waals surface area (Å²) in [5.41, 5.74) is 0. The molecule has 60 valence electrons. The van der Waals surface area contributed by atoms with Gasteiger partial charge in [-0.3, -0.25) is 0 Å². The van der Waals surface area contributed by atoms with Crippen molar-refractivity contribution in [1.82, 2.24) is 10.6 Å². The molecule has 0 aromatic rings. The molecule has 1 atom stereocenters. The van der Waals surface area contributed by atoms with E-state index in [1.807, 2.05) is 6.92 Å². The van der Waals surface area contributed by atoms with Crippen LogP contribution in [0.5, 0.6) is 0 Å². The first-order chi connectivity index (χ1) is 4.70. The summed E-state index contributed by atoms with van der Waals surface area (Å²) in [6, 6.07) is -0.177. The minimum absolute atomic E-state index is 0.0669. The molecule has 1 unspecified atom stereocenters. The van der Waals surface area contributed by atoms with Gasteiger partial charge in [-0.1, -0.05) is 0 Å². The van der Waals surface area contributed by atoms with Gasteiger partial charge in [0.2, 0.25) is 0 Å². The van der Waals surface area contributed by atoms with Crippen molar-refractivity contribution in [2.24, 2.45) is 0 Å². The standard InChI is InChI=1S/C6H14N2O2/c1-5(10-3)4-8-6(9)7-2/h5H,4H2,1-3H3,(H2,7,8,9). The van der Waals surface area contributed by atoms with Gasteiger partial charge in [0.25, 0.3) is 0 Å². The Labute approximate surface area is 60.9 Å². The van der Waals surface area contributed by atoms with Gasteiger partial charge in [0.15, 0.2) is 0 Å². The molecule has 10 heavy (non-hydrogen) atoms. The van der Waals surface area contributed by atoms with Gasteiger partial charge < -0.3 is 15.4 Å². The SMILES string of the molecule is CNC(=O)NCC(C)OC. The topological polar surface area (TPSA) is 50.4 Å². The summed E-state index contributed by atoms with van der Waals surface area (Å²) in [5, 5.41) is 5.05. The zero-order valence-corrected chi connectivity index (χ0v) is 6.60. The van der Waals surface area contributed by atoms with Crippen LogP contribution in [0.1, 0.15) is 6.92 Å². The lowest BCUT2D eigenvalue weighted by molar-refractivity contribution is 0.118. The maximum Gasteiger partial charge on any atom is 0.314 e. The average molecular weight is 146 g/mol. The van der Waals surface area contributed by atoms with E-state index in [1.54, 1.807) is 14.2 Å². The molecular formula is C6H14N2O2. The highest BCUT2D eigenvalue weighted by Gasteiger charge is 2.00. The number of urea groups is 1. The molecule has 0 aromatic carbocycles. The molecule has 0 rings (SSSR count). The Kier molecular flexibility index (Phi) is 4.66. The summed E-state index contributed by atoms with van der Waals surface area (Å²) >= 11 is 0. The maximum absolute atomic E-state index is 10.6. The molecule has 0 bridgehead atoms. The predicted molar refractivity (Wildman–Crippen MR) is 38.9 cm³/mol. The first-order valence-corrected chi connectivity index (χ1v) is 3.19. The minimum atomic E-state index is -0.177. The second kappa shape index (κ2) is 5.05. The van der Waals surface area contributed by atoms with E-state index in [9.17, 15) is 4.79 Å². The molecule has 0 saturated carbocycles. The van der Waals surface area contributed by atoms with Gasteiger partial charge in [-0.05, 0) is 6.92 Å². The Morgan fingerprint density at radius 2 is 2.30 bits per heavy atom. The van der Waals surface area contributed by atoms with E-state index in [0.29, 0.717) is 6.54 Å². The zero-order chi connectivity index (χ0) is 7.98. The molecule has 0 aromatic heterocycles. The van der Waals surface area contributed by atoms with E-state index in [1.165, 1.54) is 0 Å². The number of ether oxygens (including phenoxy) is 1. The molecule has 0 fully saturated rings. The van der Waals surface area contributed by atoms with E-state index in [4.69, 9.17) is 4.74 Å². The van der Waals surface area contributed by atoms with Gasteiger partial charge in [-0.25, -0.2) is 4.79 Å². The van der Waals surface area contributed by atoms with Gasteiger partial charge in [0.1, 0.15) is 0 Å². The molecule has 0 aliphatic rings. The van der Waals surface area contributed by atoms with Crippen LogP contribution in [-0.2, 0) is 4.74 Å². The number of carbonyl (C=O) groups is 1. The molecule has 0 heterocycles. The van der Waals surface area contributed by atoms with Crippen molar-refractivity contribution >= 4 is 6.03 Å². The Hall–Kier alpha value is -0.770. The molecule has 4 heteroatoms. The minimum Gasteiger partial charge on any atom is -0.380 e. The second-order valence-corrected chi connectivity index (χ2v) is 2.01. The molecule has 2 amide bonds. The van der Waals surface area contributed by atoms with Crippen molar-refractivity contribution < 1.29 is 9.53 Å². The number of carbonyl (C=O) groups excluding carboxylic acids is 1. The first-order valence-electron chi connectivity index (χ1n) is 3.19. The lowest BCUT2D eigenvalue weighted by Crippen LogP contribution is -2.37. The number of hydrogen-bond donors (Lipinski definition) is 2. The van der Waals surface area contributed by atoms with E-state index in [-0.39, 0.29) is 12.1 Å². The van der Waals surface area contributed by atoms with Crippen LogP contribution in [0.25, 0.3) is 0 Å². The van der Waals surface area contributed by atoms with Gasteiger partial charge in [-0.2, -0.15) is 0 Å². The third-order valence-corrected chi connectivity index (χ3v) is 1.18. The number of rotatable bonds is 3. The van der Waals surface area contributed by atoms with Crippen LogP contribution in [0.2, 0.25) is 0 Å². The molecule has 0 spiro atoms. The smallest absolute Gasteiger partial charge is 0.314 e. The van der Waals surface area contributed by atoms with Crippen molar-refractivity contribution in [2.75, 3.05) is 20.7 Å². The quantitative estimate of drug-likeness (QED) is 0.586. The average Bonchev–Trinajstić information content (AvgIpc) is 1.99. The highest BCUT2D eigenvalue weighted by Crippen LogP contribution is 1.82. The molecule has 0 radical (unpaired) electrons. The number of nitrogens with one attached hydrogen (secondary N) is 2. The summed E-state index contributed by atoms with van der Waals surface area (Å²) in [7, 11) is 3.18. The lowest BCUT2D eigenvalue weighted by atomic mass is 10.4. The molecular weight excluding hydrogens is 132 g/mol. The van der Waals surface area contributed by atoms with E-state index < -0.39 is 0 Å². The Bertz CT molecular complexity index is 106. The third-order valence-electron chi connectivity index (χ3n) is 1.18. The maximum atomic E-state index is 10.6. The van der Waals surface area contributed by atoms with Gasteiger partial charge >= 0.3 is 6.03 Å². The summed E-state index contributed by atoms with van der Waals surface area (Å²) in [4.78, 5) is 10.6. The van der Waals surface area contributed by atoms with Crippen LogP contribution in [0, 0.1) is 0 Å². The highest BCUT2D eigenvalue weighted by atomic mass is 16.5. The van der Waals surface area contributed by atoms with Crippen molar-refractivity contribution in [2.45, 2.75) is 13.0 Å². The zero-order valence-electron chi connectivity index (χ0n) is 6.60. The van der Waals surface area contributed by atoms with E-state index in [0.717, 1.165) is 0 Å². The molecule has 0 aliphatic carbocycles. The van der Waals surface area contributed by atoms with E-state index in [2.05, 4.69) is 10.6 Å². The fourth-order valence-corrected chi connectivity index (χ4v) is 0.408. The second-order valence-electron chi connectivity index (χ2n) is 2.01. The molecule has 4 nitrogen and oxygen atoms in total. The largest absolute Gasteiger partial charge is 0.380 e. The number of methoxy groups -OCH3 is 1. The Balaban J connectivity index is 3.26. The van der Waals surface area contributed by atoms with Crippen LogP contribution in [0.15, 0.2) is 0 Å². The molecule has 0 aliphatic heterocycles. The predicted octanol–water partition coefficient (Wildman–Crippen LogP) is -0.0497. The van der Waals surface area contributed by atoms with Crippen LogP contribution < -0.4 is 10.6 Å². The summed E-state index contributed by atoms with van der Waals surface area (Å²) < 4.78 is 4.90. The Morgan fingerprint density at radius 3 is 2.70 bits per heavy atom. The first kappa shape index (κ1) is 9.23. The Morgan fingerprint density at radius 1 is 1.70 bits per heavy atom. The summed E-state index contributed by atoms with van der Waals surface area (Å²) in [5.74, 6) is 0. The molecule has 2 N–H and O–H groups in total. The number of hydrogen-bond acceptors (Lipinski definition) is 2. The van der Waals surface area contributed by atoms with Crippen LogP contribution in [0.3, 0.4) is 0 Å². The van der Waals surface area contributed by atoms with Crippen molar-refractivity contribution in [3.63, 3.8) is 0 Å². The molecule has 0 saturated heterocycles. The normalized spacial score (nSPS) is 12.3. The van der Waals surface area contributed by atoms with E-state index >= 15 is 0 Å². The fourth-order valence-electron chi connectivity index (χ4n) is 0.408. The highest BCUT2D eigenvalue weighted by molar-refractivity contribution is 5.73. The van der Waals surface area contributed by atoms with Crippen molar-refractivity contribution in [1.29, 1.82) is 0 Å². The van der Waals surface area contributed by atoms with Crippen LogP contribution >= 0.6 is 0 Å². The van der Waals surface area contributed by atoms with Crippen molar-refractivity contribution in [3.8, 4) is 0 Å². The van der Waals surface area contributed by atoms with Gasteiger partial charge in [-0.15, -0.1) is 0 Å². The van der Waals surface area contributed by atoms with Gasteiger partial charge in [0, 0.05) is 20.7 Å². The summed E-state index contributed by atoms with van der Waals surface area (Å²) in [6.45, 7) is 2.42. The third kappa shape index (κ3) is 4.14. The van der Waals surface area contributed by atoms with Gasteiger partial charge in [0.05, 0.1) is 6.10 Å². The van der Waals surface area contributed by atoms with Crippen LogP contribution in [-0.4, -0.2) is 32.8 Å². The van der Waals surface area contributed by atoms with Crippen molar-refractivity contribution in [3.05, 3.63) is 0 Å². The fraction of sp³-hybridized carbons (Fsp3) is 0.833.